The fourth-order valence-corrected chi connectivity index (χ4v) is 4.70. The van der Waals surface area contributed by atoms with Gasteiger partial charge in [0.15, 0.2) is 14.7 Å². The summed E-state index contributed by atoms with van der Waals surface area (Å²) in [6.07, 6.45) is 0. The summed E-state index contributed by atoms with van der Waals surface area (Å²) in [6.45, 7) is 5.37. The van der Waals surface area contributed by atoms with E-state index in [4.69, 9.17) is 9.47 Å². The van der Waals surface area contributed by atoms with Gasteiger partial charge in [-0.15, -0.1) is 0 Å². The Hall–Kier alpha value is -2.39. The van der Waals surface area contributed by atoms with Crippen LogP contribution in [0.25, 0.3) is 0 Å². The molecular formula is C22H23O2S+. The summed E-state index contributed by atoms with van der Waals surface area (Å²) < 4.78 is 11.2. The molecule has 3 heteroatoms. The van der Waals surface area contributed by atoms with Crippen LogP contribution >= 0.6 is 0 Å². The molecule has 0 saturated carbocycles. The van der Waals surface area contributed by atoms with Gasteiger partial charge in [0.1, 0.15) is 11.5 Å². The number of ether oxygens (including phenoxy) is 2. The van der Waals surface area contributed by atoms with Crippen molar-refractivity contribution < 1.29 is 9.47 Å². The van der Waals surface area contributed by atoms with Crippen molar-refractivity contribution in [3.63, 3.8) is 0 Å². The zero-order chi connectivity index (χ0) is 17.5. The molecule has 3 aromatic carbocycles. The molecule has 0 aromatic heterocycles. The molecule has 0 fully saturated rings. The van der Waals surface area contributed by atoms with Crippen LogP contribution in [-0.4, -0.2) is 13.2 Å². The van der Waals surface area contributed by atoms with Gasteiger partial charge in [0.25, 0.3) is 0 Å². The summed E-state index contributed by atoms with van der Waals surface area (Å²) in [7, 11) is -0.150. The Kier molecular flexibility index (Phi) is 6.02. The van der Waals surface area contributed by atoms with Crippen molar-refractivity contribution >= 4 is 10.9 Å². The Morgan fingerprint density at radius 2 is 0.960 bits per heavy atom. The van der Waals surface area contributed by atoms with E-state index in [9.17, 15) is 0 Å². The van der Waals surface area contributed by atoms with Crippen LogP contribution in [0.1, 0.15) is 13.8 Å². The standard InChI is InChI=1S/C22H23O2S/c1-3-23-18-10-14-21(15-11-18)25(20-8-6-5-7-9-20)22-16-12-19(13-17-22)24-4-2/h5-17H,3-4H2,1-2H3/q+1. The van der Waals surface area contributed by atoms with Gasteiger partial charge in [-0.05, 0) is 74.5 Å². The van der Waals surface area contributed by atoms with Crippen molar-refractivity contribution in [1.29, 1.82) is 0 Å². The smallest absolute Gasteiger partial charge is 0.166 e. The summed E-state index contributed by atoms with van der Waals surface area (Å²) in [5, 5.41) is 0. The fraction of sp³-hybridized carbons (Fsp3) is 0.182. The Labute approximate surface area is 152 Å². The number of benzene rings is 3. The van der Waals surface area contributed by atoms with Crippen molar-refractivity contribution in [2.45, 2.75) is 28.5 Å². The number of hydrogen-bond donors (Lipinski definition) is 0. The molecule has 0 aliphatic rings. The van der Waals surface area contributed by atoms with Crippen molar-refractivity contribution in [2.75, 3.05) is 13.2 Å². The lowest BCUT2D eigenvalue weighted by molar-refractivity contribution is 0.340. The third kappa shape index (κ3) is 4.37. The highest BCUT2D eigenvalue weighted by molar-refractivity contribution is 7.97. The second-order valence-corrected chi connectivity index (χ2v) is 7.45. The second-order valence-electron chi connectivity index (χ2n) is 5.43. The molecule has 0 saturated heterocycles. The van der Waals surface area contributed by atoms with Gasteiger partial charge in [0.2, 0.25) is 0 Å². The van der Waals surface area contributed by atoms with Gasteiger partial charge >= 0.3 is 0 Å². The molecule has 3 rings (SSSR count). The molecule has 0 atom stereocenters. The van der Waals surface area contributed by atoms with Crippen LogP contribution in [0.4, 0.5) is 0 Å². The summed E-state index contributed by atoms with van der Waals surface area (Å²) >= 11 is 0. The lowest BCUT2D eigenvalue weighted by atomic mass is 10.3. The van der Waals surface area contributed by atoms with Gasteiger partial charge < -0.3 is 9.47 Å². The van der Waals surface area contributed by atoms with Gasteiger partial charge in [-0.1, -0.05) is 18.2 Å². The summed E-state index contributed by atoms with van der Waals surface area (Å²) in [4.78, 5) is 3.86. The summed E-state index contributed by atoms with van der Waals surface area (Å²) in [5.41, 5.74) is 0. The van der Waals surface area contributed by atoms with Gasteiger partial charge in [-0.25, -0.2) is 0 Å². The van der Waals surface area contributed by atoms with Gasteiger partial charge in [0, 0.05) is 0 Å². The van der Waals surface area contributed by atoms with Crippen LogP contribution in [0.3, 0.4) is 0 Å². The first-order valence-electron chi connectivity index (χ1n) is 8.57. The van der Waals surface area contributed by atoms with Crippen molar-refractivity contribution in [3.05, 3.63) is 78.9 Å². The molecule has 25 heavy (non-hydrogen) atoms. The van der Waals surface area contributed by atoms with E-state index in [2.05, 4.69) is 78.9 Å². The molecule has 0 heterocycles. The van der Waals surface area contributed by atoms with E-state index in [0.717, 1.165) is 11.5 Å². The zero-order valence-corrected chi connectivity index (χ0v) is 15.5. The maximum atomic E-state index is 5.58. The zero-order valence-electron chi connectivity index (χ0n) is 14.6. The van der Waals surface area contributed by atoms with Crippen LogP contribution in [-0.2, 0) is 10.9 Å². The highest BCUT2D eigenvalue weighted by atomic mass is 32.2. The maximum absolute atomic E-state index is 5.58. The first-order valence-corrected chi connectivity index (χ1v) is 9.79. The predicted molar refractivity (Wildman–Crippen MR) is 104 cm³/mol. The van der Waals surface area contributed by atoms with E-state index in [1.54, 1.807) is 0 Å². The van der Waals surface area contributed by atoms with E-state index >= 15 is 0 Å². The lowest BCUT2D eigenvalue weighted by Gasteiger charge is -2.10. The molecule has 3 aromatic rings. The molecule has 0 unspecified atom stereocenters. The van der Waals surface area contributed by atoms with Gasteiger partial charge in [-0.2, -0.15) is 0 Å². The van der Waals surface area contributed by atoms with E-state index in [1.165, 1.54) is 14.7 Å². The molecule has 0 aliphatic heterocycles. The minimum atomic E-state index is -0.150. The minimum absolute atomic E-state index is 0.150. The highest BCUT2D eigenvalue weighted by Gasteiger charge is 2.28. The van der Waals surface area contributed by atoms with E-state index < -0.39 is 0 Å². The first-order chi connectivity index (χ1) is 12.3. The van der Waals surface area contributed by atoms with Gasteiger partial charge in [-0.3, -0.25) is 0 Å². The molecule has 128 valence electrons. The molecule has 0 aliphatic carbocycles. The number of hydrogen-bond acceptors (Lipinski definition) is 2. The lowest BCUT2D eigenvalue weighted by Crippen LogP contribution is -2.05. The molecule has 0 N–H and O–H groups in total. The van der Waals surface area contributed by atoms with E-state index in [-0.39, 0.29) is 10.9 Å². The minimum Gasteiger partial charge on any atom is -0.494 e. The quantitative estimate of drug-likeness (QED) is 0.517. The largest absolute Gasteiger partial charge is 0.494 e. The maximum Gasteiger partial charge on any atom is 0.166 e. The van der Waals surface area contributed by atoms with E-state index in [0.29, 0.717) is 13.2 Å². The summed E-state index contributed by atoms with van der Waals surface area (Å²) in [6, 6.07) is 27.5. The van der Waals surface area contributed by atoms with Crippen molar-refractivity contribution in [1.82, 2.24) is 0 Å². The third-order valence-electron chi connectivity index (χ3n) is 3.72. The first kappa shape index (κ1) is 17.4. The van der Waals surface area contributed by atoms with E-state index in [1.807, 2.05) is 13.8 Å². The van der Waals surface area contributed by atoms with Crippen LogP contribution < -0.4 is 9.47 Å². The van der Waals surface area contributed by atoms with Crippen LogP contribution in [0, 0.1) is 0 Å². The van der Waals surface area contributed by atoms with Crippen LogP contribution in [0.5, 0.6) is 11.5 Å². The normalized spacial score (nSPS) is 10.7. The average Bonchev–Trinajstić information content (AvgIpc) is 2.66. The number of rotatable bonds is 7. The topological polar surface area (TPSA) is 18.5 Å². The predicted octanol–water partition coefficient (Wildman–Crippen LogP) is 5.58. The van der Waals surface area contributed by atoms with Crippen LogP contribution in [0.2, 0.25) is 0 Å². The summed E-state index contributed by atoms with van der Waals surface area (Å²) in [5.74, 6) is 1.82. The molecular weight excluding hydrogens is 328 g/mol. The SMILES string of the molecule is CCOc1ccc([S+](c2ccccc2)c2ccc(OCC)cc2)cc1. The van der Waals surface area contributed by atoms with Crippen molar-refractivity contribution in [3.8, 4) is 11.5 Å². The fourth-order valence-electron chi connectivity index (χ4n) is 2.64. The highest BCUT2D eigenvalue weighted by Crippen LogP contribution is 2.32. The molecule has 0 spiro atoms. The molecule has 0 amide bonds. The Bertz CT molecular complexity index is 718. The van der Waals surface area contributed by atoms with Gasteiger partial charge in [0.05, 0.1) is 24.1 Å². The molecule has 0 bridgehead atoms. The monoisotopic (exact) mass is 351 g/mol. The van der Waals surface area contributed by atoms with Crippen molar-refractivity contribution in [2.24, 2.45) is 0 Å². The second kappa shape index (κ2) is 8.63. The Morgan fingerprint density at radius 3 is 1.36 bits per heavy atom. The molecule has 0 radical (unpaired) electrons. The van der Waals surface area contributed by atoms with Crippen LogP contribution in [0.15, 0.2) is 93.5 Å². The Balaban J connectivity index is 1.98. The average molecular weight is 351 g/mol. The Morgan fingerprint density at radius 1 is 0.560 bits per heavy atom. The molecule has 2 nitrogen and oxygen atoms in total. The third-order valence-corrected chi connectivity index (χ3v) is 5.95.